The standard InChI is InChI=1S/C18H15ClFN3O6S/c1-10-15(14-5-8-21-22-14)17(2,30(27,28)29)6-7-18(10,23(25)26)16(24)12-4-3-11(19)9-13(12)20/h3-9H,1-2H3,(H,21,22)(H,27,28,29). The summed E-state index contributed by atoms with van der Waals surface area (Å²) < 4.78 is 46.5. The molecule has 0 aliphatic heterocycles. The van der Waals surface area contributed by atoms with Crippen molar-refractivity contribution in [1.82, 2.24) is 10.2 Å². The lowest BCUT2D eigenvalue weighted by Gasteiger charge is -2.35. The number of aromatic nitrogens is 2. The molecule has 0 spiro atoms. The zero-order chi connectivity index (χ0) is 22.5. The number of nitrogens with one attached hydrogen (secondary N) is 1. The molecule has 0 amide bonds. The molecule has 0 fully saturated rings. The van der Waals surface area contributed by atoms with Gasteiger partial charge in [0.25, 0.3) is 15.9 Å². The molecular formula is C18H15ClFN3O6S. The SMILES string of the molecule is CC1=C(c2ccn[nH]2)C(C)(S(=O)(=O)O)C=CC1(C(=O)c1ccc(Cl)cc1F)[N+](=O)[O-]. The van der Waals surface area contributed by atoms with Crippen LogP contribution in [0.5, 0.6) is 0 Å². The molecule has 1 heterocycles. The Bertz CT molecular complexity index is 1220. The van der Waals surface area contributed by atoms with Gasteiger partial charge in [-0.1, -0.05) is 17.7 Å². The summed E-state index contributed by atoms with van der Waals surface area (Å²) in [5.74, 6) is -2.30. The maximum atomic E-state index is 14.4. The average molecular weight is 456 g/mol. The summed E-state index contributed by atoms with van der Waals surface area (Å²) in [5.41, 5.74) is -3.76. The lowest BCUT2D eigenvalue weighted by atomic mass is 9.73. The van der Waals surface area contributed by atoms with Gasteiger partial charge in [0, 0.05) is 33.4 Å². The Morgan fingerprint density at radius 1 is 1.33 bits per heavy atom. The summed E-state index contributed by atoms with van der Waals surface area (Å²) in [4.78, 5) is 24.5. The summed E-state index contributed by atoms with van der Waals surface area (Å²) in [6.07, 6.45) is 2.87. The summed E-state index contributed by atoms with van der Waals surface area (Å²) in [6, 6.07) is 4.39. The van der Waals surface area contributed by atoms with E-state index in [-0.39, 0.29) is 21.9 Å². The van der Waals surface area contributed by atoms with Crippen molar-refractivity contribution in [3.63, 3.8) is 0 Å². The molecule has 2 N–H and O–H groups in total. The van der Waals surface area contributed by atoms with E-state index < -0.39 is 42.5 Å². The second kappa shape index (κ2) is 7.11. The topological polar surface area (TPSA) is 143 Å². The van der Waals surface area contributed by atoms with E-state index in [1.165, 1.54) is 25.3 Å². The minimum atomic E-state index is -4.83. The first-order chi connectivity index (χ1) is 13.9. The van der Waals surface area contributed by atoms with Gasteiger partial charge in [-0.3, -0.25) is 24.6 Å². The maximum absolute atomic E-state index is 14.4. The Labute approximate surface area is 175 Å². The largest absolute Gasteiger partial charge is 0.323 e. The van der Waals surface area contributed by atoms with E-state index in [0.29, 0.717) is 0 Å². The molecule has 1 aromatic carbocycles. The summed E-state index contributed by atoms with van der Waals surface area (Å²) in [6.45, 7) is 2.30. The third-order valence-electron chi connectivity index (χ3n) is 5.20. The quantitative estimate of drug-likeness (QED) is 0.232. The smallest absolute Gasteiger partial charge is 0.285 e. The second-order valence-corrected chi connectivity index (χ2v) is 9.10. The second-order valence-electron chi connectivity index (χ2n) is 6.86. The minimum Gasteiger partial charge on any atom is -0.285 e. The molecule has 0 bridgehead atoms. The highest BCUT2D eigenvalue weighted by Gasteiger charge is 2.59. The molecule has 158 valence electrons. The van der Waals surface area contributed by atoms with Gasteiger partial charge in [0.2, 0.25) is 0 Å². The fourth-order valence-corrected chi connectivity index (χ4v) is 4.46. The van der Waals surface area contributed by atoms with Gasteiger partial charge < -0.3 is 0 Å². The van der Waals surface area contributed by atoms with Gasteiger partial charge >= 0.3 is 5.54 Å². The third-order valence-corrected chi connectivity index (χ3v) is 6.85. The number of rotatable bonds is 5. The van der Waals surface area contributed by atoms with Crippen LogP contribution in [0.2, 0.25) is 5.02 Å². The molecule has 9 nitrogen and oxygen atoms in total. The molecule has 2 unspecified atom stereocenters. The van der Waals surface area contributed by atoms with Gasteiger partial charge in [0.1, 0.15) is 10.6 Å². The zero-order valence-electron chi connectivity index (χ0n) is 15.6. The van der Waals surface area contributed by atoms with Crippen molar-refractivity contribution in [2.75, 3.05) is 0 Å². The number of H-pyrrole nitrogens is 1. The lowest BCUT2D eigenvalue weighted by Crippen LogP contribution is -2.51. The summed E-state index contributed by atoms with van der Waals surface area (Å²) in [5, 5.41) is 18.4. The van der Waals surface area contributed by atoms with Crippen LogP contribution in [0.4, 0.5) is 4.39 Å². The minimum absolute atomic E-state index is 0.0113. The number of nitro groups is 1. The Balaban J connectivity index is 2.37. The number of benzene rings is 1. The van der Waals surface area contributed by atoms with Crippen molar-refractivity contribution >= 4 is 33.1 Å². The van der Waals surface area contributed by atoms with Gasteiger partial charge in [-0.15, -0.1) is 0 Å². The fourth-order valence-electron chi connectivity index (χ4n) is 3.54. The van der Waals surface area contributed by atoms with Crippen LogP contribution in [0.1, 0.15) is 29.9 Å². The Morgan fingerprint density at radius 2 is 2.00 bits per heavy atom. The van der Waals surface area contributed by atoms with Crippen LogP contribution in [-0.4, -0.2) is 44.2 Å². The Kier molecular flexibility index (Phi) is 5.17. The normalized spacial score (nSPS) is 24.2. The maximum Gasteiger partial charge on any atom is 0.323 e. The monoisotopic (exact) mass is 455 g/mol. The Morgan fingerprint density at radius 3 is 2.50 bits per heavy atom. The molecular weight excluding hydrogens is 441 g/mol. The highest BCUT2D eigenvalue weighted by atomic mass is 35.5. The number of hydrogen-bond acceptors (Lipinski definition) is 6. The number of halogens is 2. The van der Waals surface area contributed by atoms with E-state index in [2.05, 4.69) is 10.2 Å². The lowest BCUT2D eigenvalue weighted by molar-refractivity contribution is -0.524. The predicted molar refractivity (Wildman–Crippen MR) is 106 cm³/mol. The van der Waals surface area contributed by atoms with E-state index >= 15 is 0 Å². The molecule has 2 atom stereocenters. The van der Waals surface area contributed by atoms with Crippen LogP contribution in [0.25, 0.3) is 5.57 Å². The molecule has 3 rings (SSSR count). The first-order valence-corrected chi connectivity index (χ1v) is 10.2. The van der Waals surface area contributed by atoms with Gasteiger partial charge in [-0.05, 0) is 38.1 Å². The molecule has 0 saturated carbocycles. The number of nitrogens with zero attached hydrogens (tertiary/aromatic N) is 2. The van der Waals surface area contributed by atoms with Crippen LogP contribution in [0, 0.1) is 15.9 Å². The third kappa shape index (κ3) is 3.06. The number of carbonyl (C=O) groups is 1. The molecule has 1 aliphatic rings. The number of Topliss-reactive ketones (excluding diaryl/α,β-unsaturated/α-hetero) is 1. The van der Waals surface area contributed by atoms with Crippen molar-refractivity contribution in [3.05, 3.63) is 80.4 Å². The fraction of sp³-hybridized carbons (Fsp3) is 0.222. The van der Waals surface area contributed by atoms with Gasteiger partial charge in [0.15, 0.2) is 0 Å². The van der Waals surface area contributed by atoms with Crippen LogP contribution in [-0.2, 0) is 10.1 Å². The first-order valence-electron chi connectivity index (χ1n) is 8.39. The number of carbonyl (C=O) groups excluding carboxylic acids is 1. The van der Waals surface area contributed by atoms with Gasteiger partial charge in [0.05, 0.1) is 11.3 Å². The Hall–Kier alpha value is -2.89. The molecule has 0 saturated heterocycles. The molecule has 12 heteroatoms. The summed E-state index contributed by atoms with van der Waals surface area (Å²) >= 11 is 5.70. The highest BCUT2D eigenvalue weighted by Crippen LogP contribution is 2.46. The van der Waals surface area contributed by atoms with Crippen molar-refractivity contribution < 1.29 is 27.1 Å². The number of ketones is 1. The van der Waals surface area contributed by atoms with E-state index in [1.807, 2.05) is 0 Å². The van der Waals surface area contributed by atoms with Crippen LogP contribution >= 0.6 is 11.6 Å². The predicted octanol–water partition coefficient (Wildman–Crippen LogP) is 3.09. The molecule has 30 heavy (non-hydrogen) atoms. The van der Waals surface area contributed by atoms with Crippen molar-refractivity contribution in [2.24, 2.45) is 0 Å². The van der Waals surface area contributed by atoms with E-state index in [1.54, 1.807) is 0 Å². The van der Waals surface area contributed by atoms with Crippen LogP contribution in [0.3, 0.4) is 0 Å². The first kappa shape index (κ1) is 21.8. The van der Waals surface area contributed by atoms with E-state index in [4.69, 9.17) is 11.6 Å². The van der Waals surface area contributed by atoms with Crippen molar-refractivity contribution in [3.8, 4) is 0 Å². The average Bonchev–Trinajstić information content (AvgIpc) is 3.14. The van der Waals surface area contributed by atoms with Crippen molar-refractivity contribution in [1.29, 1.82) is 0 Å². The van der Waals surface area contributed by atoms with Crippen LogP contribution < -0.4 is 0 Å². The van der Waals surface area contributed by atoms with Gasteiger partial charge in [-0.25, -0.2) is 4.39 Å². The number of hydrogen-bond donors (Lipinski definition) is 2. The van der Waals surface area contributed by atoms with Crippen molar-refractivity contribution in [2.45, 2.75) is 24.1 Å². The van der Waals surface area contributed by atoms with E-state index in [0.717, 1.165) is 31.2 Å². The number of aromatic amines is 1. The van der Waals surface area contributed by atoms with E-state index in [9.17, 15) is 32.3 Å². The molecule has 0 radical (unpaired) electrons. The highest BCUT2D eigenvalue weighted by molar-refractivity contribution is 7.88. The van der Waals surface area contributed by atoms with Gasteiger partial charge in [-0.2, -0.15) is 13.5 Å². The molecule has 1 aliphatic carbocycles. The summed E-state index contributed by atoms with van der Waals surface area (Å²) in [7, 11) is -4.83. The molecule has 2 aromatic rings. The molecule has 1 aromatic heterocycles. The zero-order valence-corrected chi connectivity index (χ0v) is 17.2. The van der Waals surface area contributed by atoms with Crippen LogP contribution in [0.15, 0.2) is 48.2 Å².